The van der Waals surface area contributed by atoms with E-state index in [4.69, 9.17) is 14.2 Å². The van der Waals surface area contributed by atoms with Crippen molar-refractivity contribution in [3.8, 4) is 11.1 Å². The topological polar surface area (TPSA) is 78.0 Å². The van der Waals surface area contributed by atoms with Crippen molar-refractivity contribution >= 4 is 17.5 Å². The lowest BCUT2D eigenvalue weighted by atomic mass is 9.95. The molecule has 0 atom stereocenters. The summed E-state index contributed by atoms with van der Waals surface area (Å²) in [7, 11) is 0. The number of hydrogen-bond acceptors (Lipinski definition) is 7. The van der Waals surface area contributed by atoms with Crippen LogP contribution in [0.3, 0.4) is 0 Å². The summed E-state index contributed by atoms with van der Waals surface area (Å²) in [5.74, 6) is -2.97. The number of rotatable bonds is 4. The zero-order chi connectivity index (χ0) is 21.3. The Morgan fingerprint density at radius 2 is 1.74 bits per heavy atom. The maximum absolute atomic E-state index is 11.8. The van der Waals surface area contributed by atoms with Crippen molar-refractivity contribution in [1.29, 1.82) is 0 Å². The summed E-state index contributed by atoms with van der Waals surface area (Å²) >= 11 is 0. The van der Waals surface area contributed by atoms with Gasteiger partial charge in [-0.3, -0.25) is 9.88 Å². The summed E-state index contributed by atoms with van der Waals surface area (Å²) in [5.41, 5.74) is 6.31. The Bertz CT molecular complexity index is 1060. The molecule has 3 aliphatic rings. The molecule has 7 heteroatoms. The number of aromatic nitrogens is 1. The van der Waals surface area contributed by atoms with Gasteiger partial charge < -0.3 is 14.2 Å². The van der Waals surface area contributed by atoms with Crippen LogP contribution >= 0.6 is 0 Å². The fourth-order valence-corrected chi connectivity index (χ4v) is 4.33. The second-order valence-corrected chi connectivity index (χ2v) is 7.73. The molecule has 0 unspecified atom stereocenters. The summed E-state index contributed by atoms with van der Waals surface area (Å²) < 4.78 is 16.1. The van der Waals surface area contributed by atoms with Gasteiger partial charge in [0, 0.05) is 37.6 Å². The molecular formula is C24H22N2O5. The molecule has 7 nitrogen and oxygen atoms in total. The Hall–Kier alpha value is -3.29. The van der Waals surface area contributed by atoms with Crippen LogP contribution in [0.4, 0.5) is 0 Å². The predicted molar refractivity (Wildman–Crippen MR) is 112 cm³/mol. The first-order valence-electron chi connectivity index (χ1n) is 10.3. The average molecular weight is 418 g/mol. The maximum atomic E-state index is 11.8. The summed E-state index contributed by atoms with van der Waals surface area (Å²) in [5, 5.41) is 0. The zero-order valence-corrected chi connectivity index (χ0v) is 17.0. The lowest BCUT2D eigenvalue weighted by Gasteiger charge is -2.39. The van der Waals surface area contributed by atoms with Crippen LogP contribution in [-0.4, -0.2) is 54.0 Å². The largest absolute Gasteiger partial charge is 0.394 e. The van der Waals surface area contributed by atoms with Crippen LogP contribution in [0.5, 0.6) is 0 Å². The van der Waals surface area contributed by atoms with E-state index in [1.165, 1.54) is 27.8 Å². The normalized spacial score (nSPS) is 20.1. The Morgan fingerprint density at radius 3 is 2.52 bits per heavy atom. The maximum Gasteiger partial charge on any atom is 0.389 e. The van der Waals surface area contributed by atoms with Crippen molar-refractivity contribution in [2.45, 2.75) is 18.8 Å². The summed E-state index contributed by atoms with van der Waals surface area (Å²) in [6, 6.07) is 10.5. The lowest BCUT2D eigenvalue weighted by molar-refractivity contribution is -0.359. The van der Waals surface area contributed by atoms with E-state index in [9.17, 15) is 9.59 Å². The number of morpholine rings is 1. The number of carbonyl (C=O) groups is 2. The Balaban J connectivity index is 1.28. The first kappa shape index (κ1) is 19.7. The van der Waals surface area contributed by atoms with Gasteiger partial charge in [0.25, 0.3) is 0 Å². The third kappa shape index (κ3) is 4.02. The van der Waals surface area contributed by atoms with Gasteiger partial charge >= 0.3 is 17.9 Å². The van der Waals surface area contributed by atoms with E-state index in [0.717, 1.165) is 31.5 Å². The Labute approximate surface area is 179 Å². The molecule has 0 N–H and O–H groups in total. The van der Waals surface area contributed by atoms with Gasteiger partial charge in [-0.2, -0.15) is 0 Å². The highest BCUT2D eigenvalue weighted by molar-refractivity contribution is 5.93. The van der Waals surface area contributed by atoms with E-state index in [1.807, 2.05) is 24.5 Å². The first-order chi connectivity index (χ1) is 15.1. The highest BCUT2D eigenvalue weighted by Gasteiger charge is 2.45. The minimum Gasteiger partial charge on any atom is -0.394 e. The van der Waals surface area contributed by atoms with Gasteiger partial charge in [0.05, 0.1) is 6.61 Å². The molecule has 0 radical (unpaired) electrons. The van der Waals surface area contributed by atoms with Crippen molar-refractivity contribution in [3.05, 3.63) is 72.1 Å². The molecular weight excluding hydrogens is 396 g/mol. The number of ether oxygens (including phenoxy) is 3. The number of allylic oxidation sites excluding steroid dienone is 1. The summed E-state index contributed by atoms with van der Waals surface area (Å²) in [4.78, 5) is 29.8. The van der Waals surface area contributed by atoms with Gasteiger partial charge in [-0.25, -0.2) is 9.59 Å². The van der Waals surface area contributed by atoms with Gasteiger partial charge in [0.2, 0.25) is 0 Å². The quantitative estimate of drug-likeness (QED) is 0.707. The molecule has 0 amide bonds. The van der Waals surface area contributed by atoms with Crippen molar-refractivity contribution < 1.29 is 23.8 Å². The highest BCUT2D eigenvalue weighted by atomic mass is 16.9. The predicted octanol–water partition coefficient (Wildman–Crippen LogP) is 2.72. The molecule has 1 aromatic heterocycles. The van der Waals surface area contributed by atoms with Crippen LogP contribution in [0.1, 0.15) is 17.5 Å². The van der Waals surface area contributed by atoms with E-state index < -0.39 is 17.9 Å². The number of carbonyl (C=O) groups excluding carboxylic acids is 2. The summed E-state index contributed by atoms with van der Waals surface area (Å²) in [6.07, 6.45) is 9.76. The van der Waals surface area contributed by atoms with Gasteiger partial charge in [-0.05, 0) is 52.8 Å². The van der Waals surface area contributed by atoms with Crippen molar-refractivity contribution in [2.75, 3.05) is 26.2 Å². The van der Waals surface area contributed by atoms with Crippen LogP contribution < -0.4 is 0 Å². The minimum atomic E-state index is -1.67. The van der Waals surface area contributed by atoms with Crippen LogP contribution in [0, 0.1) is 0 Å². The van der Waals surface area contributed by atoms with Crippen molar-refractivity contribution in [1.82, 2.24) is 9.88 Å². The molecule has 0 saturated carbocycles. The summed E-state index contributed by atoms with van der Waals surface area (Å²) in [6.45, 7) is 1.89. The van der Waals surface area contributed by atoms with Crippen LogP contribution in [0.15, 0.2) is 61.0 Å². The number of benzene rings is 1. The van der Waals surface area contributed by atoms with Gasteiger partial charge in [0.1, 0.15) is 6.54 Å². The smallest absolute Gasteiger partial charge is 0.389 e. The van der Waals surface area contributed by atoms with Crippen LogP contribution in [0.2, 0.25) is 0 Å². The third-order valence-electron chi connectivity index (χ3n) is 5.78. The van der Waals surface area contributed by atoms with E-state index in [-0.39, 0.29) is 6.54 Å². The fourth-order valence-electron chi connectivity index (χ4n) is 4.33. The van der Waals surface area contributed by atoms with Gasteiger partial charge in [-0.15, -0.1) is 0 Å². The third-order valence-corrected chi connectivity index (χ3v) is 5.78. The second kappa shape index (κ2) is 8.09. The SMILES string of the molecule is O=C1C=CC(=O)OC2(CN(CCC3=CCc4c3cccc4-c3ccncc3)CCO2)O1. The fraction of sp³-hybridized carbons (Fsp3) is 0.292. The lowest BCUT2D eigenvalue weighted by Crippen LogP contribution is -2.56. The van der Waals surface area contributed by atoms with E-state index in [2.05, 4.69) is 34.2 Å². The van der Waals surface area contributed by atoms with Gasteiger partial charge in [-0.1, -0.05) is 24.3 Å². The monoisotopic (exact) mass is 418 g/mol. The molecule has 158 valence electrons. The molecule has 1 fully saturated rings. The van der Waals surface area contributed by atoms with Crippen molar-refractivity contribution in [3.63, 3.8) is 0 Å². The average Bonchev–Trinajstić information content (AvgIpc) is 3.14. The van der Waals surface area contributed by atoms with E-state index in [1.54, 1.807) is 0 Å². The molecule has 0 bridgehead atoms. The van der Waals surface area contributed by atoms with E-state index in [0.29, 0.717) is 13.2 Å². The Morgan fingerprint density at radius 1 is 1.00 bits per heavy atom. The Kier molecular flexibility index (Phi) is 5.13. The standard InChI is InChI=1S/C24H22N2O5/c27-22-6-7-23(28)31-24(30-22)16-26(14-15-29-24)13-10-17-4-5-21-19(17)2-1-3-20(21)18-8-11-25-12-9-18/h1-4,6-9,11-12H,5,10,13-16H2. The highest BCUT2D eigenvalue weighted by Crippen LogP contribution is 2.36. The first-order valence-corrected chi connectivity index (χ1v) is 10.3. The minimum absolute atomic E-state index is 0.184. The number of hydrogen-bond donors (Lipinski definition) is 0. The number of fused-ring (bicyclic) bond motifs is 1. The molecule has 1 saturated heterocycles. The number of esters is 2. The molecule has 31 heavy (non-hydrogen) atoms. The number of pyridine rings is 1. The zero-order valence-electron chi connectivity index (χ0n) is 17.0. The molecule has 3 heterocycles. The number of nitrogens with zero attached hydrogens (tertiary/aromatic N) is 2. The van der Waals surface area contributed by atoms with E-state index >= 15 is 0 Å². The molecule has 5 rings (SSSR count). The molecule has 2 aromatic rings. The van der Waals surface area contributed by atoms with Gasteiger partial charge in [0.15, 0.2) is 0 Å². The van der Waals surface area contributed by atoms with Crippen LogP contribution in [0.25, 0.3) is 16.7 Å². The molecule has 1 aliphatic carbocycles. The van der Waals surface area contributed by atoms with Crippen molar-refractivity contribution in [2.24, 2.45) is 0 Å². The second-order valence-electron chi connectivity index (χ2n) is 7.73. The molecule has 1 aromatic carbocycles. The molecule has 2 aliphatic heterocycles. The molecule has 1 spiro atoms. The van der Waals surface area contributed by atoms with Crippen LogP contribution in [-0.2, 0) is 30.2 Å².